The predicted octanol–water partition coefficient (Wildman–Crippen LogP) is 1.72. The molecule has 9 nitrogen and oxygen atoms in total. The highest BCUT2D eigenvalue weighted by atomic mass is 35.5. The van der Waals surface area contributed by atoms with Crippen LogP contribution in [0.15, 0.2) is 40.1 Å². The van der Waals surface area contributed by atoms with Gasteiger partial charge in [-0.05, 0) is 31.5 Å². The lowest BCUT2D eigenvalue weighted by atomic mass is 10.2. The van der Waals surface area contributed by atoms with E-state index in [1.54, 1.807) is 53.4 Å². The summed E-state index contributed by atoms with van der Waals surface area (Å²) in [5.74, 6) is -0.0128. The fourth-order valence-electron chi connectivity index (χ4n) is 3.54. The lowest BCUT2D eigenvalue weighted by Gasteiger charge is -2.08. The third-order valence-electron chi connectivity index (χ3n) is 4.96. The summed E-state index contributed by atoms with van der Waals surface area (Å²) < 4.78 is 10.8. The van der Waals surface area contributed by atoms with Gasteiger partial charge in [0.05, 0.1) is 13.2 Å². The van der Waals surface area contributed by atoms with Crippen molar-refractivity contribution in [3.63, 3.8) is 0 Å². The van der Waals surface area contributed by atoms with Gasteiger partial charge >= 0.3 is 11.7 Å². The van der Waals surface area contributed by atoms with Crippen molar-refractivity contribution < 1.29 is 9.53 Å². The molecule has 10 heteroatoms. The lowest BCUT2D eigenvalue weighted by Crippen LogP contribution is -2.39. The Morgan fingerprint density at radius 1 is 1.23 bits per heavy atom. The van der Waals surface area contributed by atoms with E-state index in [1.165, 1.54) is 4.57 Å². The summed E-state index contributed by atoms with van der Waals surface area (Å²) in [5, 5.41) is 0.525. The average molecular weight is 430 g/mol. The molecule has 0 N–H and O–H groups in total. The number of hydrogen-bond acceptors (Lipinski definition) is 5. The average Bonchev–Trinajstić information content (AvgIpc) is 3.20. The van der Waals surface area contributed by atoms with E-state index in [2.05, 4.69) is 4.98 Å². The Morgan fingerprint density at radius 3 is 2.70 bits per heavy atom. The van der Waals surface area contributed by atoms with Crippen LogP contribution in [0.5, 0.6) is 0 Å². The largest absolute Gasteiger partial charge is 0.465 e. The number of halogens is 1. The maximum atomic E-state index is 13.3. The molecule has 0 radical (unpaired) electrons. The van der Waals surface area contributed by atoms with E-state index in [-0.39, 0.29) is 30.9 Å². The van der Waals surface area contributed by atoms with Crippen molar-refractivity contribution >= 4 is 34.5 Å². The van der Waals surface area contributed by atoms with Crippen LogP contribution in [0, 0.1) is 6.92 Å². The first kappa shape index (κ1) is 20.0. The molecular formula is C20H20ClN5O4. The molecule has 3 aromatic heterocycles. The second-order valence-corrected chi connectivity index (χ2v) is 7.41. The summed E-state index contributed by atoms with van der Waals surface area (Å²) in [4.78, 5) is 42.6. The van der Waals surface area contributed by atoms with Crippen LogP contribution in [0.4, 0.5) is 0 Å². The number of hydrogen-bond donors (Lipinski definition) is 0. The molecule has 0 aliphatic carbocycles. The number of carbonyl (C=O) groups excluding carboxylic acids is 1. The number of esters is 1. The predicted molar refractivity (Wildman–Crippen MR) is 112 cm³/mol. The van der Waals surface area contributed by atoms with Gasteiger partial charge in [0.2, 0.25) is 5.78 Å². The number of imidazole rings is 2. The summed E-state index contributed by atoms with van der Waals surface area (Å²) >= 11 is 6.04. The van der Waals surface area contributed by atoms with Crippen molar-refractivity contribution in [2.24, 2.45) is 7.05 Å². The minimum Gasteiger partial charge on any atom is -0.465 e. The second kappa shape index (κ2) is 7.49. The summed E-state index contributed by atoms with van der Waals surface area (Å²) in [6.07, 6.45) is 1.72. The van der Waals surface area contributed by atoms with Gasteiger partial charge in [0.15, 0.2) is 11.2 Å². The molecule has 0 atom stereocenters. The molecule has 1 aromatic carbocycles. The first-order valence-electron chi connectivity index (χ1n) is 9.39. The van der Waals surface area contributed by atoms with E-state index in [0.29, 0.717) is 10.8 Å². The van der Waals surface area contributed by atoms with Crippen molar-refractivity contribution in [2.75, 3.05) is 6.61 Å². The van der Waals surface area contributed by atoms with Gasteiger partial charge in [0.1, 0.15) is 6.54 Å². The number of aromatic nitrogens is 5. The topological polar surface area (TPSA) is 92.5 Å². The molecule has 0 amide bonds. The number of rotatable bonds is 5. The normalized spacial score (nSPS) is 11.5. The van der Waals surface area contributed by atoms with Crippen LogP contribution in [-0.2, 0) is 29.7 Å². The number of aryl methyl sites for hydroxylation is 2. The van der Waals surface area contributed by atoms with E-state index in [1.807, 2.05) is 6.92 Å². The van der Waals surface area contributed by atoms with Gasteiger partial charge < -0.3 is 9.30 Å². The number of benzene rings is 1. The molecule has 0 fully saturated rings. The molecule has 4 rings (SSSR count). The first-order chi connectivity index (χ1) is 14.3. The van der Waals surface area contributed by atoms with Crippen LogP contribution in [0.3, 0.4) is 0 Å². The standard InChI is InChI=1S/C20H20ClN5O4/c1-4-30-15(27)11-24-12(2)9-25-16-17(22-19(24)25)23(3)20(29)26(18(16)28)10-13-6-5-7-14(21)8-13/h5-9H,4,10-11H2,1-3H3. The van der Waals surface area contributed by atoms with Crippen molar-refractivity contribution in [3.8, 4) is 0 Å². The van der Waals surface area contributed by atoms with Crippen LogP contribution in [-0.4, -0.2) is 35.7 Å². The van der Waals surface area contributed by atoms with Crippen LogP contribution in [0.25, 0.3) is 16.9 Å². The Labute approximate surface area is 175 Å². The molecule has 0 aliphatic rings. The maximum absolute atomic E-state index is 13.3. The Morgan fingerprint density at radius 2 is 2.00 bits per heavy atom. The van der Waals surface area contributed by atoms with Crippen LogP contribution in [0.1, 0.15) is 18.2 Å². The number of carbonyl (C=O) groups is 1. The van der Waals surface area contributed by atoms with Gasteiger partial charge in [-0.3, -0.25) is 23.1 Å². The summed E-state index contributed by atoms with van der Waals surface area (Å²) in [6.45, 7) is 3.86. The maximum Gasteiger partial charge on any atom is 0.332 e. The highest BCUT2D eigenvalue weighted by Gasteiger charge is 2.21. The number of ether oxygens (including phenoxy) is 1. The second-order valence-electron chi connectivity index (χ2n) is 6.98. The van der Waals surface area contributed by atoms with Crippen molar-refractivity contribution in [1.29, 1.82) is 0 Å². The van der Waals surface area contributed by atoms with Gasteiger partial charge in [0, 0.05) is 24.0 Å². The minimum absolute atomic E-state index is 0.0376. The summed E-state index contributed by atoms with van der Waals surface area (Å²) in [7, 11) is 1.56. The fourth-order valence-corrected chi connectivity index (χ4v) is 3.76. The Hall–Kier alpha value is -3.33. The molecular weight excluding hydrogens is 410 g/mol. The van der Waals surface area contributed by atoms with E-state index in [9.17, 15) is 14.4 Å². The molecule has 0 bridgehead atoms. The Balaban J connectivity index is 1.93. The SMILES string of the molecule is CCOC(=O)Cn1c(C)cn2c3c(=O)n(Cc4cccc(Cl)c4)c(=O)n(C)c3nc12. The molecule has 0 saturated carbocycles. The zero-order chi connectivity index (χ0) is 21.6. The highest BCUT2D eigenvalue weighted by Crippen LogP contribution is 2.17. The van der Waals surface area contributed by atoms with Crippen molar-refractivity contribution in [2.45, 2.75) is 26.9 Å². The molecule has 0 spiro atoms. The molecule has 0 aliphatic heterocycles. The minimum atomic E-state index is -0.484. The van der Waals surface area contributed by atoms with Gasteiger partial charge in [0.25, 0.3) is 5.56 Å². The van der Waals surface area contributed by atoms with Gasteiger partial charge in [-0.2, -0.15) is 4.98 Å². The van der Waals surface area contributed by atoms with E-state index < -0.39 is 17.2 Å². The monoisotopic (exact) mass is 429 g/mol. The molecule has 30 heavy (non-hydrogen) atoms. The van der Waals surface area contributed by atoms with Gasteiger partial charge in [-0.15, -0.1) is 0 Å². The Bertz CT molecular complexity index is 1410. The van der Waals surface area contributed by atoms with Crippen LogP contribution in [0.2, 0.25) is 5.02 Å². The third-order valence-corrected chi connectivity index (χ3v) is 5.20. The van der Waals surface area contributed by atoms with E-state index in [0.717, 1.165) is 15.8 Å². The molecule has 0 unspecified atom stereocenters. The molecule has 4 aromatic rings. The molecule has 0 saturated heterocycles. The summed E-state index contributed by atoms with van der Waals surface area (Å²) in [5.41, 5.74) is 1.04. The zero-order valence-corrected chi connectivity index (χ0v) is 17.5. The number of fused-ring (bicyclic) bond motifs is 3. The van der Waals surface area contributed by atoms with Gasteiger partial charge in [-0.1, -0.05) is 23.7 Å². The smallest absolute Gasteiger partial charge is 0.332 e. The zero-order valence-electron chi connectivity index (χ0n) is 16.8. The molecule has 3 heterocycles. The summed E-state index contributed by atoms with van der Waals surface area (Å²) in [6, 6.07) is 7.00. The Kier molecular flexibility index (Phi) is 4.98. The third kappa shape index (κ3) is 3.21. The van der Waals surface area contributed by atoms with Crippen molar-refractivity contribution in [1.82, 2.24) is 23.1 Å². The van der Waals surface area contributed by atoms with Gasteiger partial charge in [-0.25, -0.2) is 4.79 Å². The fraction of sp³-hybridized carbons (Fsp3) is 0.300. The number of nitrogens with zero attached hydrogens (tertiary/aromatic N) is 5. The van der Waals surface area contributed by atoms with Crippen LogP contribution >= 0.6 is 11.6 Å². The highest BCUT2D eigenvalue weighted by molar-refractivity contribution is 6.30. The first-order valence-corrected chi connectivity index (χ1v) is 9.77. The van der Waals surface area contributed by atoms with E-state index >= 15 is 0 Å². The molecule has 156 valence electrons. The quantitative estimate of drug-likeness (QED) is 0.450. The van der Waals surface area contributed by atoms with E-state index in [4.69, 9.17) is 16.3 Å². The van der Waals surface area contributed by atoms with Crippen LogP contribution < -0.4 is 11.2 Å². The lowest BCUT2D eigenvalue weighted by molar-refractivity contribution is -0.143. The van der Waals surface area contributed by atoms with Crippen molar-refractivity contribution in [3.05, 3.63) is 67.6 Å².